The van der Waals surface area contributed by atoms with Gasteiger partial charge in [0.05, 0.1) is 33.1 Å². The Balaban J connectivity index is 2.32. The van der Waals surface area contributed by atoms with Crippen molar-refractivity contribution in [1.82, 2.24) is 4.98 Å². The Morgan fingerprint density at radius 1 is 1.05 bits per heavy atom. The molecule has 6 nitrogen and oxygen atoms in total. The SMILES string of the molecule is O=C(O)c1cc(Cl)c(NC(=O)c2cncc(O)c2)c(Cl)c1. The summed E-state index contributed by atoms with van der Waals surface area (Å²) in [6, 6.07) is 3.56. The lowest BCUT2D eigenvalue weighted by Gasteiger charge is -2.10. The van der Waals surface area contributed by atoms with E-state index >= 15 is 0 Å². The van der Waals surface area contributed by atoms with Crippen LogP contribution in [0.5, 0.6) is 5.75 Å². The van der Waals surface area contributed by atoms with Gasteiger partial charge < -0.3 is 15.5 Å². The predicted octanol–water partition coefficient (Wildman–Crippen LogP) is 3.04. The molecule has 0 radical (unpaired) electrons. The maximum absolute atomic E-state index is 12.0. The fourth-order valence-corrected chi connectivity index (χ4v) is 2.14. The molecule has 3 N–H and O–H groups in total. The molecule has 1 aromatic heterocycles. The Labute approximate surface area is 129 Å². The molecule has 0 aliphatic rings. The summed E-state index contributed by atoms with van der Waals surface area (Å²) < 4.78 is 0. The molecule has 2 aromatic rings. The number of halogens is 2. The normalized spacial score (nSPS) is 10.2. The molecule has 0 fully saturated rings. The second-order valence-electron chi connectivity index (χ2n) is 4.01. The Morgan fingerprint density at radius 2 is 1.67 bits per heavy atom. The van der Waals surface area contributed by atoms with Gasteiger partial charge in [-0.25, -0.2) is 4.79 Å². The number of carbonyl (C=O) groups is 2. The van der Waals surface area contributed by atoms with Crippen LogP contribution in [0.3, 0.4) is 0 Å². The first-order chi connectivity index (χ1) is 9.88. The molecule has 1 amide bonds. The monoisotopic (exact) mass is 326 g/mol. The van der Waals surface area contributed by atoms with E-state index in [-0.39, 0.29) is 32.6 Å². The number of carboxylic acids is 1. The maximum Gasteiger partial charge on any atom is 0.335 e. The Bertz CT molecular complexity index is 711. The molecule has 0 aliphatic carbocycles. The minimum Gasteiger partial charge on any atom is -0.506 e. The van der Waals surface area contributed by atoms with Crippen molar-refractivity contribution in [2.45, 2.75) is 0 Å². The van der Waals surface area contributed by atoms with Crippen molar-refractivity contribution in [3.05, 3.63) is 51.8 Å². The van der Waals surface area contributed by atoms with E-state index in [0.29, 0.717) is 0 Å². The van der Waals surface area contributed by atoms with E-state index in [1.54, 1.807) is 0 Å². The number of rotatable bonds is 3. The van der Waals surface area contributed by atoms with Crippen LogP contribution >= 0.6 is 23.2 Å². The fourth-order valence-electron chi connectivity index (χ4n) is 1.55. The molecule has 0 bridgehead atoms. The van der Waals surface area contributed by atoms with E-state index in [9.17, 15) is 14.7 Å². The number of aromatic hydroxyl groups is 1. The number of hydrogen-bond donors (Lipinski definition) is 3. The lowest BCUT2D eigenvalue weighted by Crippen LogP contribution is -2.13. The minimum absolute atomic E-state index is 0.0126. The first-order valence-electron chi connectivity index (χ1n) is 5.56. The van der Waals surface area contributed by atoms with Crippen LogP contribution in [0.15, 0.2) is 30.6 Å². The van der Waals surface area contributed by atoms with Gasteiger partial charge in [0.15, 0.2) is 0 Å². The molecule has 0 aliphatic heterocycles. The van der Waals surface area contributed by atoms with Gasteiger partial charge in [0.1, 0.15) is 5.75 Å². The van der Waals surface area contributed by atoms with Crippen LogP contribution in [0.4, 0.5) is 5.69 Å². The van der Waals surface area contributed by atoms with Crippen molar-refractivity contribution in [1.29, 1.82) is 0 Å². The van der Waals surface area contributed by atoms with Crippen molar-refractivity contribution in [3.63, 3.8) is 0 Å². The third kappa shape index (κ3) is 3.42. The number of anilines is 1. The van der Waals surface area contributed by atoms with Gasteiger partial charge in [-0.3, -0.25) is 9.78 Å². The average Bonchev–Trinajstić information content (AvgIpc) is 2.42. The van der Waals surface area contributed by atoms with Crippen LogP contribution in [-0.4, -0.2) is 27.1 Å². The van der Waals surface area contributed by atoms with Crippen molar-refractivity contribution in [2.75, 3.05) is 5.32 Å². The number of benzene rings is 1. The Morgan fingerprint density at radius 3 is 2.19 bits per heavy atom. The van der Waals surface area contributed by atoms with E-state index in [2.05, 4.69) is 10.3 Å². The molecule has 21 heavy (non-hydrogen) atoms. The zero-order valence-electron chi connectivity index (χ0n) is 10.3. The van der Waals surface area contributed by atoms with Crippen molar-refractivity contribution in [3.8, 4) is 5.75 Å². The molecule has 0 saturated carbocycles. The highest BCUT2D eigenvalue weighted by atomic mass is 35.5. The number of pyridine rings is 1. The second kappa shape index (κ2) is 5.99. The second-order valence-corrected chi connectivity index (χ2v) is 4.82. The highest BCUT2D eigenvalue weighted by Crippen LogP contribution is 2.32. The molecular weight excluding hydrogens is 319 g/mol. The Kier molecular flexibility index (Phi) is 4.30. The number of aromatic carboxylic acids is 1. The minimum atomic E-state index is -1.19. The highest BCUT2D eigenvalue weighted by molar-refractivity contribution is 6.40. The van der Waals surface area contributed by atoms with Crippen LogP contribution in [0.1, 0.15) is 20.7 Å². The zero-order chi connectivity index (χ0) is 15.6. The van der Waals surface area contributed by atoms with Gasteiger partial charge in [-0.1, -0.05) is 23.2 Å². The first-order valence-corrected chi connectivity index (χ1v) is 6.32. The van der Waals surface area contributed by atoms with Crippen LogP contribution < -0.4 is 5.32 Å². The molecule has 2 rings (SSSR count). The summed E-state index contributed by atoms with van der Waals surface area (Å²) >= 11 is 11.8. The predicted molar refractivity (Wildman–Crippen MR) is 77.3 cm³/mol. The van der Waals surface area contributed by atoms with E-state index in [0.717, 1.165) is 0 Å². The van der Waals surface area contributed by atoms with Crippen LogP contribution in [-0.2, 0) is 0 Å². The quantitative estimate of drug-likeness (QED) is 0.804. The van der Waals surface area contributed by atoms with Crippen molar-refractivity contribution >= 4 is 40.8 Å². The van der Waals surface area contributed by atoms with Gasteiger partial charge >= 0.3 is 5.97 Å². The largest absolute Gasteiger partial charge is 0.506 e. The van der Waals surface area contributed by atoms with Gasteiger partial charge in [0.25, 0.3) is 5.91 Å². The third-order valence-electron chi connectivity index (χ3n) is 2.51. The molecule has 1 aromatic carbocycles. The molecule has 8 heteroatoms. The number of aromatic nitrogens is 1. The highest BCUT2D eigenvalue weighted by Gasteiger charge is 2.15. The summed E-state index contributed by atoms with van der Waals surface area (Å²) in [5.74, 6) is -1.94. The molecule has 0 spiro atoms. The number of hydrogen-bond acceptors (Lipinski definition) is 4. The lowest BCUT2D eigenvalue weighted by molar-refractivity contribution is 0.0696. The van der Waals surface area contributed by atoms with Gasteiger partial charge in [0.2, 0.25) is 0 Å². The molecule has 0 saturated heterocycles. The first kappa shape index (κ1) is 15.1. The molecular formula is C13H8Cl2N2O4. The smallest absolute Gasteiger partial charge is 0.335 e. The van der Waals surface area contributed by atoms with Crippen LogP contribution in [0, 0.1) is 0 Å². The third-order valence-corrected chi connectivity index (χ3v) is 3.11. The Hall–Kier alpha value is -2.31. The topological polar surface area (TPSA) is 99.5 Å². The van der Waals surface area contributed by atoms with Crippen LogP contribution in [0.2, 0.25) is 10.0 Å². The lowest BCUT2D eigenvalue weighted by atomic mass is 10.2. The summed E-state index contributed by atoms with van der Waals surface area (Å²) in [6.07, 6.45) is 2.43. The van der Waals surface area contributed by atoms with Crippen molar-refractivity contribution < 1.29 is 19.8 Å². The number of carboxylic acid groups (broad SMARTS) is 1. The number of amides is 1. The standard InChI is InChI=1S/C13H8Cl2N2O4/c14-9-2-6(13(20)21)3-10(15)11(9)17-12(19)7-1-8(18)5-16-4-7/h1-5,18H,(H,17,19)(H,20,21). The molecule has 0 atom stereocenters. The number of nitrogens with zero attached hydrogens (tertiary/aromatic N) is 1. The average molecular weight is 327 g/mol. The van der Waals surface area contributed by atoms with E-state index in [4.69, 9.17) is 28.3 Å². The van der Waals surface area contributed by atoms with E-state index in [1.165, 1.54) is 30.6 Å². The van der Waals surface area contributed by atoms with Crippen molar-refractivity contribution in [2.24, 2.45) is 0 Å². The fraction of sp³-hybridized carbons (Fsp3) is 0. The summed E-state index contributed by atoms with van der Waals surface area (Å²) in [6.45, 7) is 0. The van der Waals surface area contributed by atoms with Crippen LogP contribution in [0.25, 0.3) is 0 Å². The number of nitrogens with one attached hydrogen (secondary N) is 1. The van der Waals surface area contributed by atoms with Gasteiger partial charge in [-0.2, -0.15) is 0 Å². The molecule has 1 heterocycles. The van der Waals surface area contributed by atoms with Gasteiger partial charge in [0, 0.05) is 6.20 Å². The summed E-state index contributed by atoms with van der Waals surface area (Å²) in [4.78, 5) is 26.5. The summed E-state index contributed by atoms with van der Waals surface area (Å²) in [5.41, 5.74) is 0.0862. The maximum atomic E-state index is 12.0. The van der Waals surface area contributed by atoms with Gasteiger partial charge in [-0.05, 0) is 18.2 Å². The molecule has 0 unspecified atom stereocenters. The zero-order valence-corrected chi connectivity index (χ0v) is 11.8. The van der Waals surface area contributed by atoms with E-state index < -0.39 is 11.9 Å². The van der Waals surface area contributed by atoms with E-state index in [1.807, 2.05) is 0 Å². The molecule has 108 valence electrons. The van der Waals surface area contributed by atoms with Gasteiger partial charge in [-0.15, -0.1) is 0 Å². The summed E-state index contributed by atoms with van der Waals surface area (Å²) in [5, 5.41) is 20.6. The summed E-state index contributed by atoms with van der Waals surface area (Å²) in [7, 11) is 0. The number of carbonyl (C=O) groups excluding carboxylic acids is 1.